The van der Waals surface area contributed by atoms with Crippen molar-refractivity contribution in [2.75, 3.05) is 5.32 Å². The summed E-state index contributed by atoms with van der Waals surface area (Å²) >= 11 is 0. The molecule has 1 aromatic carbocycles. The Morgan fingerprint density at radius 3 is 2.31 bits per heavy atom. The molecule has 1 atom stereocenters. The van der Waals surface area contributed by atoms with Gasteiger partial charge < -0.3 is 5.32 Å². The molecule has 1 unspecified atom stereocenters. The van der Waals surface area contributed by atoms with Crippen LogP contribution in [-0.4, -0.2) is 17.2 Å². The molecule has 16 heavy (non-hydrogen) atoms. The van der Waals surface area contributed by atoms with Gasteiger partial charge >= 0.3 is 0 Å². The molecule has 1 amide bonds. The van der Waals surface area contributed by atoms with Crippen molar-refractivity contribution in [1.82, 2.24) is 5.48 Å². The van der Waals surface area contributed by atoms with Crippen molar-refractivity contribution in [2.45, 2.75) is 26.8 Å². The first-order valence-corrected chi connectivity index (χ1v) is 4.93. The van der Waals surface area contributed by atoms with Crippen LogP contribution in [0.3, 0.4) is 0 Å². The first kappa shape index (κ1) is 12.4. The van der Waals surface area contributed by atoms with E-state index in [9.17, 15) is 9.18 Å². The van der Waals surface area contributed by atoms with Crippen molar-refractivity contribution in [3.63, 3.8) is 0 Å². The molecule has 1 aromatic rings. The largest absolute Gasteiger partial charge is 0.374 e. The molecule has 0 saturated carbocycles. The van der Waals surface area contributed by atoms with Crippen LogP contribution in [0.15, 0.2) is 12.1 Å². The molecule has 1 rings (SSSR count). The Balaban J connectivity index is 2.86. The average molecular weight is 226 g/mol. The molecular weight excluding hydrogens is 211 g/mol. The lowest BCUT2D eigenvalue weighted by Crippen LogP contribution is -2.35. The van der Waals surface area contributed by atoms with Crippen molar-refractivity contribution < 1.29 is 14.4 Å². The van der Waals surface area contributed by atoms with Crippen LogP contribution in [0.25, 0.3) is 0 Å². The number of hydrogen-bond acceptors (Lipinski definition) is 3. The summed E-state index contributed by atoms with van der Waals surface area (Å²) in [6.07, 6.45) is 0. The summed E-state index contributed by atoms with van der Waals surface area (Å²) in [5, 5.41) is 11.3. The molecule has 4 nitrogen and oxygen atoms in total. The first-order chi connectivity index (χ1) is 7.45. The van der Waals surface area contributed by atoms with Gasteiger partial charge in [-0.25, -0.2) is 9.87 Å². The summed E-state index contributed by atoms with van der Waals surface area (Å²) in [5.41, 5.74) is 3.22. The second-order valence-electron chi connectivity index (χ2n) is 3.77. The third kappa shape index (κ3) is 2.70. The van der Waals surface area contributed by atoms with E-state index in [1.54, 1.807) is 38.4 Å². The fourth-order valence-electron chi connectivity index (χ4n) is 1.44. The molecule has 0 heterocycles. The van der Waals surface area contributed by atoms with Gasteiger partial charge in [0.25, 0.3) is 5.91 Å². The third-order valence-electron chi connectivity index (χ3n) is 2.32. The molecule has 0 aliphatic rings. The van der Waals surface area contributed by atoms with Crippen molar-refractivity contribution >= 4 is 11.6 Å². The maximum Gasteiger partial charge on any atom is 0.265 e. The second kappa shape index (κ2) is 4.94. The molecule has 0 radical (unpaired) electrons. The number of aryl methyl sites for hydroxylation is 2. The normalized spacial score (nSPS) is 12.1. The van der Waals surface area contributed by atoms with Crippen molar-refractivity contribution in [2.24, 2.45) is 0 Å². The number of hydroxylamine groups is 1. The zero-order valence-corrected chi connectivity index (χ0v) is 9.47. The summed E-state index contributed by atoms with van der Waals surface area (Å²) in [6.45, 7) is 4.91. The second-order valence-corrected chi connectivity index (χ2v) is 3.77. The highest BCUT2D eigenvalue weighted by molar-refractivity contribution is 5.83. The smallest absolute Gasteiger partial charge is 0.265 e. The summed E-state index contributed by atoms with van der Waals surface area (Å²) < 4.78 is 13.3. The van der Waals surface area contributed by atoms with Gasteiger partial charge in [-0.1, -0.05) is 0 Å². The molecule has 0 aromatic heterocycles. The summed E-state index contributed by atoms with van der Waals surface area (Å²) in [7, 11) is 0. The lowest BCUT2D eigenvalue weighted by atomic mass is 10.1. The minimum atomic E-state index is -0.589. The van der Waals surface area contributed by atoms with Crippen LogP contribution in [0.4, 0.5) is 10.1 Å². The fraction of sp³-hybridized carbons (Fsp3) is 0.364. The van der Waals surface area contributed by atoms with Crippen molar-refractivity contribution in [1.29, 1.82) is 0 Å². The maximum absolute atomic E-state index is 13.3. The maximum atomic E-state index is 13.3. The number of carbonyl (C=O) groups is 1. The number of anilines is 1. The molecular formula is C11H15FN2O2. The van der Waals surface area contributed by atoms with Crippen LogP contribution in [0, 0.1) is 19.7 Å². The molecule has 3 N–H and O–H groups in total. The summed E-state index contributed by atoms with van der Waals surface area (Å²) in [5.74, 6) is -0.788. The molecule has 0 saturated heterocycles. The standard InChI is InChI=1S/C11H15FN2O2/c1-6-4-9(5-7(2)10(6)12)13-8(3)11(15)14-16/h4-5,8,13,16H,1-3H3,(H,14,15). The SMILES string of the molecule is Cc1cc(NC(C)C(=O)NO)cc(C)c1F. The fourth-order valence-corrected chi connectivity index (χ4v) is 1.44. The van der Waals surface area contributed by atoms with Crippen LogP contribution in [-0.2, 0) is 4.79 Å². The van der Waals surface area contributed by atoms with Gasteiger partial charge in [0, 0.05) is 5.69 Å². The molecule has 0 fully saturated rings. The number of hydrogen-bond donors (Lipinski definition) is 3. The Kier molecular flexibility index (Phi) is 3.84. The molecule has 88 valence electrons. The topological polar surface area (TPSA) is 61.4 Å². The molecule has 0 aliphatic carbocycles. The van der Waals surface area contributed by atoms with Crippen LogP contribution in [0.1, 0.15) is 18.1 Å². The zero-order chi connectivity index (χ0) is 12.3. The van der Waals surface area contributed by atoms with E-state index in [-0.39, 0.29) is 5.82 Å². The van der Waals surface area contributed by atoms with Gasteiger partial charge in [0.1, 0.15) is 11.9 Å². The Morgan fingerprint density at radius 2 is 1.88 bits per heavy atom. The molecule has 0 aliphatic heterocycles. The number of halogens is 1. The van der Waals surface area contributed by atoms with E-state index >= 15 is 0 Å². The van der Waals surface area contributed by atoms with E-state index in [1.807, 2.05) is 0 Å². The molecule has 0 spiro atoms. The van der Waals surface area contributed by atoms with Crippen LogP contribution in [0.5, 0.6) is 0 Å². The van der Waals surface area contributed by atoms with E-state index in [0.29, 0.717) is 16.8 Å². The van der Waals surface area contributed by atoms with Gasteiger partial charge in [0.05, 0.1) is 0 Å². The zero-order valence-electron chi connectivity index (χ0n) is 9.47. The predicted octanol–water partition coefficient (Wildman–Crippen LogP) is 1.75. The highest BCUT2D eigenvalue weighted by Gasteiger charge is 2.12. The molecule has 0 bridgehead atoms. The minimum Gasteiger partial charge on any atom is -0.374 e. The Morgan fingerprint density at radius 1 is 1.38 bits per heavy atom. The summed E-state index contributed by atoms with van der Waals surface area (Å²) in [6, 6.07) is 2.64. The number of benzene rings is 1. The van der Waals surface area contributed by atoms with E-state index in [2.05, 4.69) is 5.32 Å². The lowest BCUT2D eigenvalue weighted by Gasteiger charge is -2.14. The summed E-state index contributed by atoms with van der Waals surface area (Å²) in [4.78, 5) is 11.1. The molecule has 5 heteroatoms. The minimum absolute atomic E-state index is 0.246. The van der Waals surface area contributed by atoms with Gasteiger partial charge in [0.2, 0.25) is 0 Å². The number of carbonyl (C=O) groups excluding carboxylic acids is 1. The van der Waals surface area contributed by atoms with Gasteiger partial charge in [-0.3, -0.25) is 10.0 Å². The van der Waals surface area contributed by atoms with Crippen LogP contribution < -0.4 is 10.8 Å². The number of nitrogens with one attached hydrogen (secondary N) is 2. The predicted molar refractivity (Wildman–Crippen MR) is 58.9 cm³/mol. The van der Waals surface area contributed by atoms with Gasteiger partial charge in [0.15, 0.2) is 0 Å². The quantitative estimate of drug-likeness (QED) is 0.543. The van der Waals surface area contributed by atoms with E-state index in [4.69, 9.17) is 5.21 Å². The van der Waals surface area contributed by atoms with E-state index in [0.717, 1.165) is 0 Å². The van der Waals surface area contributed by atoms with Crippen molar-refractivity contribution in [3.05, 3.63) is 29.1 Å². The van der Waals surface area contributed by atoms with Gasteiger partial charge in [-0.2, -0.15) is 0 Å². The van der Waals surface area contributed by atoms with Crippen LogP contribution in [0.2, 0.25) is 0 Å². The van der Waals surface area contributed by atoms with Gasteiger partial charge in [-0.05, 0) is 44.0 Å². The average Bonchev–Trinajstić information content (AvgIpc) is 2.24. The first-order valence-electron chi connectivity index (χ1n) is 4.93. The number of rotatable bonds is 3. The van der Waals surface area contributed by atoms with Gasteiger partial charge in [-0.15, -0.1) is 0 Å². The highest BCUT2D eigenvalue weighted by atomic mass is 19.1. The highest BCUT2D eigenvalue weighted by Crippen LogP contribution is 2.18. The van der Waals surface area contributed by atoms with Crippen LogP contribution >= 0.6 is 0 Å². The Labute approximate surface area is 93.4 Å². The van der Waals surface area contributed by atoms with E-state index in [1.165, 1.54) is 0 Å². The third-order valence-corrected chi connectivity index (χ3v) is 2.32. The lowest BCUT2D eigenvalue weighted by molar-refractivity contribution is -0.129. The Bertz CT molecular complexity index is 384. The van der Waals surface area contributed by atoms with Crippen molar-refractivity contribution in [3.8, 4) is 0 Å². The Hall–Kier alpha value is -1.62. The van der Waals surface area contributed by atoms with E-state index < -0.39 is 11.9 Å². The number of amides is 1. The monoisotopic (exact) mass is 226 g/mol.